The summed E-state index contributed by atoms with van der Waals surface area (Å²) in [5, 5.41) is 3.63. The Balaban J connectivity index is 2.15. The maximum atomic E-state index is 3.63. The van der Waals surface area contributed by atoms with Crippen LogP contribution >= 0.6 is 27.3 Å². The molecule has 0 aliphatic heterocycles. The van der Waals surface area contributed by atoms with E-state index < -0.39 is 0 Å². The summed E-state index contributed by atoms with van der Waals surface area (Å²) in [6.45, 7) is 5.44. The van der Waals surface area contributed by atoms with Crippen LogP contribution in [0.3, 0.4) is 0 Å². The SMILES string of the molecule is CCNC(c1cc(Br)c(C)s1)C1CCC1. The van der Waals surface area contributed by atoms with Crippen LogP contribution in [-0.2, 0) is 0 Å². The van der Waals surface area contributed by atoms with E-state index in [0.29, 0.717) is 6.04 Å². The lowest BCUT2D eigenvalue weighted by Crippen LogP contribution is -2.31. The van der Waals surface area contributed by atoms with Gasteiger partial charge in [0, 0.05) is 20.3 Å². The van der Waals surface area contributed by atoms with Gasteiger partial charge in [-0.25, -0.2) is 0 Å². The van der Waals surface area contributed by atoms with E-state index in [1.807, 2.05) is 11.3 Å². The number of nitrogens with one attached hydrogen (secondary N) is 1. The fraction of sp³-hybridized carbons (Fsp3) is 0.667. The Morgan fingerprint density at radius 2 is 2.33 bits per heavy atom. The predicted octanol–water partition coefficient (Wildman–Crippen LogP) is 4.27. The minimum atomic E-state index is 0.596. The molecule has 2 rings (SSSR count). The Morgan fingerprint density at radius 1 is 1.60 bits per heavy atom. The van der Waals surface area contributed by atoms with Crippen LogP contribution in [0.25, 0.3) is 0 Å². The summed E-state index contributed by atoms with van der Waals surface area (Å²) in [6.07, 6.45) is 4.20. The zero-order valence-electron chi connectivity index (χ0n) is 9.35. The number of halogens is 1. The Kier molecular flexibility index (Phi) is 3.86. The van der Waals surface area contributed by atoms with Crippen molar-refractivity contribution in [3.8, 4) is 0 Å². The van der Waals surface area contributed by atoms with Crippen LogP contribution in [0.5, 0.6) is 0 Å². The molecular formula is C12H18BrNS. The lowest BCUT2D eigenvalue weighted by molar-refractivity contribution is 0.236. The van der Waals surface area contributed by atoms with Crippen molar-refractivity contribution >= 4 is 27.3 Å². The maximum absolute atomic E-state index is 3.63. The summed E-state index contributed by atoms with van der Waals surface area (Å²) in [5.74, 6) is 0.870. The second kappa shape index (κ2) is 4.98. The van der Waals surface area contributed by atoms with Gasteiger partial charge in [-0.2, -0.15) is 0 Å². The van der Waals surface area contributed by atoms with E-state index in [1.165, 1.54) is 33.5 Å². The molecule has 15 heavy (non-hydrogen) atoms. The average Bonchev–Trinajstić information content (AvgIpc) is 2.43. The van der Waals surface area contributed by atoms with Gasteiger partial charge in [-0.1, -0.05) is 13.3 Å². The fourth-order valence-electron chi connectivity index (χ4n) is 2.13. The van der Waals surface area contributed by atoms with E-state index >= 15 is 0 Å². The molecule has 1 aromatic rings. The van der Waals surface area contributed by atoms with E-state index in [1.54, 1.807) is 0 Å². The zero-order chi connectivity index (χ0) is 10.8. The van der Waals surface area contributed by atoms with Crippen molar-refractivity contribution in [1.82, 2.24) is 5.32 Å². The number of hydrogen-bond acceptors (Lipinski definition) is 2. The van der Waals surface area contributed by atoms with Gasteiger partial charge in [0.15, 0.2) is 0 Å². The molecule has 1 aliphatic carbocycles. The molecule has 1 aromatic heterocycles. The highest BCUT2D eigenvalue weighted by Gasteiger charge is 2.29. The third-order valence-corrected chi connectivity index (χ3v) is 5.45. The standard InChI is InChI=1S/C12H18BrNS/c1-3-14-12(9-5-4-6-9)11-7-10(13)8(2)15-11/h7,9,12,14H,3-6H2,1-2H3. The Hall–Kier alpha value is 0.140. The van der Waals surface area contributed by atoms with Crippen molar-refractivity contribution in [1.29, 1.82) is 0 Å². The van der Waals surface area contributed by atoms with Gasteiger partial charge in [-0.15, -0.1) is 11.3 Å². The molecule has 0 spiro atoms. The van der Waals surface area contributed by atoms with E-state index in [0.717, 1.165) is 12.5 Å². The second-order valence-corrected chi connectivity index (χ2v) is 6.42. The highest BCUT2D eigenvalue weighted by atomic mass is 79.9. The van der Waals surface area contributed by atoms with Gasteiger partial charge >= 0.3 is 0 Å². The monoisotopic (exact) mass is 287 g/mol. The number of thiophene rings is 1. The van der Waals surface area contributed by atoms with Crippen LogP contribution in [0.1, 0.15) is 42.0 Å². The molecule has 1 saturated carbocycles. The molecular weight excluding hydrogens is 270 g/mol. The van der Waals surface area contributed by atoms with Crippen LogP contribution in [0.2, 0.25) is 0 Å². The molecule has 0 amide bonds. The van der Waals surface area contributed by atoms with Gasteiger partial charge in [0.1, 0.15) is 0 Å². The first-order chi connectivity index (χ1) is 7.22. The summed E-state index contributed by atoms with van der Waals surface area (Å²) < 4.78 is 1.27. The van der Waals surface area contributed by atoms with Gasteiger partial charge in [-0.3, -0.25) is 0 Å². The number of aryl methyl sites for hydroxylation is 1. The predicted molar refractivity (Wildman–Crippen MR) is 70.5 cm³/mol. The number of rotatable bonds is 4. The van der Waals surface area contributed by atoms with Crippen LogP contribution in [0.4, 0.5) is 0 Å². The quantitative estimate of drug-likeness (QED) is 0.872. The minimum absolute atomic E-state index is 0.596. The Morgan fingerprint density at radius 3 is 2.73 bits per heavy atom. The lowest BCUT2D eigenvalue weighted by Gasteiger charge is -2.33. The van der Waals surface area contributed by atoms with Crippen molar-refractivity contribution in [3.05, 3.63) is 20.3 Å². The van der Waals surface area contributed by atoms with Crippen molar-refractivity contribution in [3.63, 3.8) is 0 Å². The molecule has 0 saturated heterocycles. The zero-order valence-corrected chi connectivity index (χ0v) is 11.7. The van der Waals surface area contributed by atoms with Crippen molar-refractivity contribution in [2.45, 2.75) is 39.2 Å². The smallest absolute Gasteiger partial charge is 0.0443 e. The molecule has 1 heterocycles. The molecule has 1 fully saturated rings. The summed E-state index contributed by atoms with van der Waals surface area (Å²) >= 11 is 5.54. The van der Waals surface area contributed by atoms with Gasteiger partial charge < -0.3 is 5.32 Å². The van der Waals surface area contributed by atoms with Crippen LogP contribution in [0, 0.1) is 12.8 Å². The third kappa shape index (κ3) is 2.45. The molecule has 3 heteroatoms. The maximum Gasteiger partial charge on any atom is 0.0443 e. The van der Waals surface area contributed by atoms with E-state index in [9.17, 15) is 0 Å². The van der Waals surface area contributed by atoms with Crippen molar-refractivity contribution in [2.75, 3.05) is 6.54 Å². The van der Waals surface area contributed by atoms with Gasteiger partial charge in [0.25, 0.3) is 0 Å². The lowest BCUT2D eigenvalue weighted by atomic mass is 9.79. The molecule has 1 unspecified atom stereocenters. The van der Waals surface area contributed by atoms with Crippen LogP contribution in [-0.4, -0.2) is 6.54 Å². The minimum Gasteiger partial charge on any atom is -0.309 e. The first kappa shape index (κ1) is 11.6. The first-order valence-electron chi connectivity index (χ1n) is 5.71. The molecule has 0 bridgehead atoms. The summed E-state index contributed by atoms with van der Waals surface area (Å²) in [4.78, 5) is 2.90. The van der Waals surface area contributed by atoms with Crippen molar-refractivity contribution < 1.29 is 0 Å². The van der Waals surface area contributed by atoms with Crippen LogP contribution in [0.15, 0.2) is 10.5 Å². The highest BCUT2D eigenvalue weighted by molar-refractivity contribution is 9.10. The van der Waals surface area contributed by atoms with E-state index in [2.05, 4.69) is 41.2 Å². The first-order valence-corrected chi connectivity index (χ1v) is 7.32. The van der Waals surface area contributed by atoms with Crippen LogP contribution < -0.4 is 5.32 Å². The highest BCUT2D eigenvalue weighted by Crippen LogP contribution is 2.41. The average molecular weight is 288 g/mol. The topological polar surface area (TPSA) is 12.0 Å². The molecule has 0 aromatic carbocycles. The Bertz CT molecular complexity index is 311. The van der Waals surface area contributed by atoms with Gasteiger partial charge in [0.2, 0.25) is 0 Å². The largest absolute Gasteiger partial charge is 0.309 e. The normalized spacial score (nSPS) is 18.9. The second-order valence-electron chi connectivity index (χ2n) is 4.28. The summed E-state index contributed by atoms with van der Waals surface area (Å²) in [6, 6.07) is 2.89. The van der Waals surface area contributed by atoms with Crippen molar-refractivity contribution in [2.24, 2.45) is 5.92 Å². The molecule has 1 aliphatic rings. The molecule has 1 N–H and O–H groups in total. The molecule has 1 nitrogen and oxygen atoms in total. The Labute approximate surface area is 104 Å². The van der Waals surface area contributed by atoms with E-state index in [-0.39, 0.29) is 0 Å². The molecule has 0 radical (unpaired) electrons. The van der Waals surface area contributed by atoms with Gasteiger partial charge in [0.05, 0.1) is 0 Å². The summed E-state index contributed by atoms with van der Waals surface area (Å²) in [5.41, 5.74) is 0. The number of hydrogen-bond donors (Lipinski definition) is 1. The molecule has 1 atom stereocenters. The summed E-state index contributed by atoms with van der Waals surface area (Å²) in [7, 11) is 0. The fourth-order valence-corrected chi connectivity index (χ4v) is 3.86. The molecule has 84 valence electrons. The third-order valence-electron chi connectivity index (χ3n) is 3.23. The van der Waals surface area contributed by atoms with E-state index in [4.69, 9.17) is 0 Å². The van der Waals surface area contributed by atoms with Gasteiger partial charge in [-0.05, 0) is 54.2 Å².